The molecule has 2 heterocycles. The van der Waals surface area contributed by atoms with Gasteiger partial charge in [0.05, 0.1) is 0 Å². The van der Waals surface area contributed by atoms with E-state index in [0.29, 0.717) is 12.2 Å². The third-order valence-electron chi connectivity index (χ3n) is 3.35. The van der Waals surface area contributed by atoms with Crippen LogP contribution in [0.4, 0.5) is 0 Å². The van der Waals surface area contributed by atoms with Crippen molar-refractivity contribution in [2.24, 2.45) is 0 Å². The smallest absolute Gasteiger partial charge is 0.270 e. The van der Waals surface area contributed by atoms with Crippen molar-refractivity contribution in [3.63, 3.8) is 0 Å². The molecule has 1 atom stereocenters. The Balaban J connectivity index is 0.00000242. The van der Waals surface area contributed by atoms with Gasteiger partial charge in [-0.1, -0.05) is 0 Å². The van der Waals surface area contributed by atoms with Crippen molar-refractivity contribution in [1.82, 2.24) is 19.9 Å². The predicted molar refractivity (Wildman–Crippen MR) is 86.9 cm³/mol. The third-order valence-corrected chi connectivity index (χ3v) is 4.99. The van der Waals surface area contributed by atoms with E-state index in [2.05, 4.69) is 15.0 Å². The van der Waals surface area contributed by atoms with Gasteiger partial charge in [0.1, 0.15) is 10.6 Å². The average molecular weight is 351 g/mol. The monoisotopic (exact) mass is 350 g/mol. The molecule has 0 bridgehead atoms. The number of aromatic nitrogens is 1. The topological polar surface area (TPSA) is 94.3 Å². The van der Waals surface area contributed by atoms with Crippen LogP contribution in [0, 0.1) is 0 Å². The zero-order valence-corrected chi connectivity index (χ0v) is 14.6. The largest absolute Gasteiger partial charge is 0.356 e. The first kappa shape index (κ1) is 19.0. The maximum Gasteiger partial charge on any atom is 0.270 e. The number of nitrogens with zero attached hydrogens (tertiary/aromatic N) is 1. The number of amides is 1. The van der Waals surface area contributed by atoms with Crippen molar-refractivity contribution < 1.29 is 13.2 Å². The van der Waals surface area contributed by atoms with Crippen LogP contribution in [0.5, 0.6) is 0 Å². The first-order valence-electron chi connectivity index (χ1n) is 7.03. The van der Waals surface area contributed by atoms with Crippen molar-refractivity contribution in [3.8, 4) is 0 Å². The van der Waals surface area contributed by atoms with Crippen molar-refractivity contribution in [3.05, 3.63) is 18.0 Å². The molecule has 0 saturated carbocycles. The van der Waals surface area contributed by atoms with Crippen LogP contribution in [0.15, 0.2) is 17.2 Å². The lowest BCUT2D eigenvalue weighted by atomic mass is 10.2. The summed E-state index contributed by atoms with van der Waals surface area (Å²) >= 11 is 0. The summed E-state index contributed by atoms with van der Waals surface area (Å²) in [6.07, 6.45) is 1.35. The summed E-state index contributed by atoms with van der Waals surface area (Å²) in [5.41, 5.74) is 0.299. The van der Waals surface area contributed by atoms with E-state index in [4.69, 9.17) is 0 Å². The van der Waals surface area contributed by atoms with Crippen LogP contribution in [0.1, 0.15) is 31.3 Å². The van der Waals surface area contributed by atoms with Crippen LogP contribution in [0.3, 0.4) is 0 Å². The van der Waals surface area contributed by atoms with Crippen LogP contribution in [0.25, 0.3) is 0 Å². The van der Waals surface area contributed by atoms with E-state index in [-0.39, 0.29) is 35.3 Å². The van der Waals surface area contributed by atoms with Gasteiger partial charge in [-0.3, -0.25) is 4.79 Å². The van der Waals surface area contributed by atoms with E-state index < -0.39 is 10.0 Å². The number of halogens is 1. The lowest BCUT2D eigenvalue weighted by Gasteiger charge is -2.33. The molecule has 0 aromatic carbocycles. The zero-order chi connectivity index (χ0) is 15.6. The molecule has 7 nitrogen and oxygen atoms in total. The van der Waals surface area contributed by atoms with Crippen LogP contribution >= 0.6 is 12.4 Å². The second-order valence-corrected chi connectivity index (χ2v) is 7.29. The molecule has 22 heavy (non-hydrogen) atoms. The molecule has 0 aliphatic carbocycles. The minimum absolute atomic E-state index is 0. The molecule has 126 valence electrons. The molecule has 1 aliphatic heterocycles. The van der Waals surface area contributed by atoms with Gasteiger partial charge in [0.15, 0.2) is 0 Å². The fourth-order valence-corrected chi connectivity index (χ4v) is 3.57. The Bertz CT molecular complexity index is 615. The highest BCUT2D eigenvalue weighted by Crippen LogP contribution is 2.15. The number of aromatic amines is 1. The summed E-state index contributed by atoms with van der Waals surface area (Å²) in [6, 6.07) is 1.28. The molecule has 1 aromatic heterocycles. The third kappa shape index (κ3) is 4.22. The summed E-state index contributed by atoms with van der Waals surface area (Å²) in [6.45, 7) is 7.57. The van der Waals surface area contributed by atoms with Gasteiger partial charge in [0, 0.05) is 37.9 Å². The SMILES string of the molecule is CC(C)NS(=O)(=O)c1c[nH]c(C(=O)N2CCNC[C@@H]2C)c1.Cl. The number of carbonyl (C=O) groups excluding carboxylic acids is 1. The molecule has 0 radical (unpaired) electrons. The number of hydrogen-bond donors (Lipinski definition) is 3. The minimum Gasteiger partial charge on any atom is -0.356 e. The number of hydrogen-bond acceptors (Lipinski definition) is 4. The van der Waals surface area contributed by atoms with Crippen LogP contribution in [0.2, 0.25) is 0 Å². The van der Waals surface area contributed by atoms with E-state index >= 15 is 0 Å². The van der Waals surface area contributed by atoms with E-state index in [1.54, 1.807) is 18.7 Å². The van der Waals surface area contributed by atoms with E-state index in [1.807, 2.05) is 6.92 Å². The van der Waals surface area contributed by atoms with Gasteiger partial charge < -0.3 is 15.2 Å². The summed E-state index contributed by atoms with van der Waals surface area (Å²) in [5, 5.41) is 3.21. The number of rotatable bonds is 4. The molecular weight excluding hydrogens is 328 g/mol. The molecule has 1 aliphatic rings. The van der Waals surface area contributed by atoms with Crippen LogP contribution in [-0.4, -0.2) is 55.9 Å². The molecule has 0 unspecified atom stereocenters. The summed E-state index contributed by atoms with van der Waals surface area (Å²) in [7, 11) is -3.58. The molecular formula is C13H23ClN4O3S. The molecule has 1 saturated heterocycles. The lowest BCUT2D eigenvalue weighted by molar-refractivity contribution is 0.0650. The second kappa shape index (κ2) is 7.45. The number of nitrogens with one attached hydrogen (secondary N) is 3. The lowest BCUT2D eigenvalue weighted by Crippen LogP contribution is -2.52. The highest BCUT2D eigenvalue weighted by molar-refractivity contribution is 7.89. The van der Waals surface area contributed by atoms with Gasteiger partial charge in [-0.05, 0) is 26.8 Å². The highest BCUT2D eigenvalue weighted by atomic mass is 35.5. The van der Waals surface area contributed by atoms with Crippen molar-refractivity contribution in [2.45, 2.75) is 37.8 Å². The maximum atomic E-state index is 12.4. The van der Waals surface area contributed by atoms with E-state index in [0.717, 1.165) is 13.1 Å². The summed E-state index contributed by atoms with van der Waals surface area (Å²) in [4.78, 5) is 17.0. The van der Waals surface area contributed by atoms with Gasteiger partial charge in [-0.15, -0.1) is 12.4 Å². The zero-order valence-electron chi connectivity index (χ0n) is 12.9. The number of carbonyl (C=O) groups is 1. The Morgan fingerprint density at radius 2 is 2.14 bits per heavy atom. The number of sulfonamides is 1. The Morgan fingerprint density at radius 3 is 2.73 bits per heavy atom. The molecule has 0 spiro atoms. The van der Waals surface area contributed by atoms with Crippen molar-refractivity contribution in [1.29, 1.82) is 0 Å². The maximum absolute atomic E-state index is 12.4. The second-order valence-electron chi connectivity index (χ2n) is 5.58. The van der Waals surface area contributed by atoms with Crippen molar-refractivity contribution >= 4 is 28.3 Å². The minimum atomic E-state index is -3.58. The quantitative estimate of drug-likeness (QED) is 0.739. The van der Waals surface area contributed by atoms with Gasteiger partial charge in [0.2, 0.25) is 10.0 Å². The highest BCUT2D eigenvalue weighted by Gasteiger charge is 2.26. The van der Waals surface area contributed by atoms with Gasteiger partial charge in [-0.25, -0.2) is 13.1 Å². The summed E-state index contributed by atoms with van der Waals surface area (Å²) in [5.74, 6) is -0.171. The molecule has 9 heteroatoms. The Labute approximate surface area is 137 Å². The normalized spacial score (nSPS) is 19.1. The van der Waals surface area contributed by atoms with Crippen LogP contribution in [-0.2, 0) is 10.0 Å². The van der Waals surface area contributed by atoms with Crippen molar-refractivity contribution in [2.75, 3.05) is 19.6 Å². The number of piperazine rings is 1. The van der Waals surface area contributed by atoms with Gasteiger partial charge in [-0.2, -0.15) is 0 Å². The predicted octanol–water partition coefficient (Wildman–Crippen LogP) is 0.557. The average Bonchev–Trinajstić information content (AvgIpc) is 2.87. The Morgan fingerprint density at radius 1 is 1.45 bits per heavy atom. The molecule has 1 aromatic rings. The van der Waals surface area contributed by atoms with Gasteiger partial charge in [0.25, 0.3) is 5.91 Å². The summed E-state index contributed by atoms with van der Waals surface area (Å²) < 4.78 is 26.6. The standard InChI is InChI=1S/C13H22N4O3S.ClH/c1-9(2)16-21(19,20)11-6-12(15-8-11)13(18)17-5-4-14-7-10(17)3;/h6,8-10,14-16H,4-5,7H2,1-3H3;1H/t10-;/m0./s1. The molecule has 2 rings (SSSR count). The van der Waals surface area contributed by atoms with E-state index in [1.165, 1.54) is 12.3 Å². The molecule has 1 amide bonds. The Kier molecular flexibility index (Phi) is 6.42. The Hall–Kier alpha value is -1.09. The number of H-pyrrole nitrogens is 1. The van der Waals surface area contributed by atoms with Gasteiger partial charge >= 0.3 is 0 Å². The van der Waals surface area contributed by atoms with E-state index in [9.17, 15) is 13.2 Å². The first-order chi connectivity index (χ1) is 9.81. The molecule has 3 N–H and O–H groups in total. The fourth-order valence-electron chi connectivity index (χ4n) is 2.33. The molecule has 1 fully saturated rings. The van der Waals surface area contributed by atoms with Crippen LogP contribution < -0.4 is 10.0 Å². The first-order valence-corrected chi connectivity index (χ1v) is 8.52. The fraction of sp³-hybridized carbons (Fsp3) is 0.615.